The molecule has 3 amide bonds. The summed E-state index contributed by atoms with van der Waals surface area (Å²) >= 11 is 1.08. The molecular formula is C19H18N4O3S. The molecule has 0 bridgehead atoms. The van der Waals surface area contributed by atoms with E-state index in [0.29, 0.717) is 21.7 Å². The number of imide groups is 1. The zero-order chi connectivity index (χ0) is 19.6. The molecule has 1 heterocycles. The number of nitrogens with zero attached hydrogens (tertiary/aromatic N) is 2. The first-order valence-corrected chi connectivity index (χ1v) is 9.10. The van der Waals surface area contributed by atoms with Crippen molar-refractivity contribution in [2.24, 2.45) is 5.73 Å². The first-order valence-electron chi connectivity index (χ1n) is 8.22. The summed E-state index contributed by atoms with van der Waals surface area (Å²) in [7, 11) is 0. The molecule has 1 aromatic heterocycles. The summed E-state index contributed by atoms with van der Waals surface area (Å²) in [5.41, 5.74) is 7.02. The molecule has 0 saturated carbocycles. The lowest BCUT2D eigenvalue weighted by molar-refractivity contribution is -0.119. The Morgan fingerprint density at radius 2 is 1.81 bits per heavy atom. The van der Waals surface area contributed by atoms with E-state index in [9.17, 15) is 14.4 Å². The first-order chi connectivity index (χ1) is 12.9. The van der Waals surface area contributed by atoms with Crippen molar-refractivity contribution in [2.45, 2.75) is 24.3 Å². The monoisotopic (exact) mass is 382 g/mol. The van der Waals surface area contributed by atoms with E-state index in [1.165, 1.54) is 4.57 Å². The molecule has 2 aromatic carbocycles. The molecule has 0 radical (unpaired) electrons. The number of amides is 3. The van der Waals surface area contributed by atoms with Crippen molar-refractivity contribution < 1.29 is 9.59 Å². The third-order valence-corrected chi connectivity index (χ3v) is 4.99. The maximum Gasteiger partial charge on any atom is 0.318 e. The van der Waals surface area contributed by atoms with E-state index in [1.807, 2.05) is 36.5 Å². The van der Waals surface area contributed by atoms with E-state index in [1.54, 1.807) is 31.2 Å². The number of rotatable bonds is 4. The van der Waals surface area contributed by atoms with E-state index < -0.39 is 17.2 Å². The second kappa shape index (κ2) is 7.63. The average Bonchev–Trinajstić information content (AvgIpc) is 2.62. The van der Waals surface area contributed by atoms with Crippen LogP contribution in [0, 0.1) is 6.92 Å². The van der Waals surface area contributed by atoms with Gasteiger partial charge < -0.3 is 5.73 Å². The van der Waals surface area contributed by atoms with Gasteiger partial charge in [0.15, 0.2) is 5.16 Å². The number of benzene rings is 2. The number of fused-ring (bicyclic) bond motifs is 1. The number of hydrogen-bond donors (Lipinski definition) is 2. The third-order valence-electron chi connectivity index (χ3n) is 3.93. The summed E-state index contributed by atoms with van der Waals surface area (Å²) in [4.78, 5) is 40.6. The van der Waals surface area contributed by atoms with Gasteiger partial charge in [0.2, 0.25) is 5.91 Å². The van der Waals surface area contributed by atoms with E-state index in [4.69, 9.17) is 5.73 Å². The largest absolute Gasteiger partial charge is 0.351 e. The minimum atomic E-state index is -0.921. The number of carbonyl (C=O) groups is 2. The molecule has 138 valence electrons. The molecule has 1 atom stereocenters. The number of primary amides is 1. The number of para-hydroxylation sites is 1. The number of nitrogens with one attached hydrogen (secondary N) is 1. The maximum atomic E-state index is 13.1. The highest BCUT2D eigenvalue weighted by Crippen LogP contribution is 2.25. The third kappa shape index (κ3) is 4.01. The van der Waals surface area contributed by atoms with Crippen LogP contribution in [0.3, 0.4) is 0 Å². The highest BCUT2D eigenvalue weighted by Gasteiger charge is 2.21. The summed E-state index contributed by atoms with van der Waals surface area (Å²) in [6.45, 7) is 3.57. The molecular weight excluding hydrogens is 364 g/mol. The van der Waals surface area contributed by atoms with Crippen LogP contribution in [0.2, 0.25) is 0 Å². The number of hydrogen-bond acceptors (Lipinski definition) is 5. The Bertz CT molecular complexity index is 1080. The van der Waals surface area contributed by atoms with E-state index in [-0.39, 0.29) is 5.56 Å². The van der Waals surface area contributed by atoms with Crippen LogP contribution in [0.4, 0.5) is 4.79 Å². The van der Waals surface area contributed by atoms with Gasteiger partial charge in [0.1, 0.15) is 0 Å². The summed E-state index contributed by atoms with van der Waals surface area (Å²) in [5, 5.41) is 2.21. The van der Waals surface area contributed by atoms with Gasteiger partial charge in [-0.2, -0.15) is 0 Å². The average molecular weight is 382 g/mol. The molecule has 8 heteroatoms. The Balaban J connectivity index is 2.13. The minimum absolute atomic E-state index is 0.227. The van der Waals surface area contributed by atoms with Crippen LogP contribution in [0.1, 0.15) is 12.5 Å². The Morgan fingerprint density at radius 3 is 2.48 bits per heavy atom. The van der Waals surface area contributed by atoms with Crippen LogP contribution in [-0.2, 0) is 4.79 Å². The second-order valence-electron chi connectivity index (χ2n) is 6.00. The summed E-state index contributed by atoms with van der Waals surface area (Å²) in [6.07, 6.45) is 0. The van der Waals surface area contributed by atoms with Crippen LogP contribution in [-0.4, -0.2) is 26.7 Å². The van der Waals surface area contributed by atoms with E-state index in [0.717, 1.165) is 17.3 Å². The predicted molar refractivity (Wildman–Crippen MR) is 105 cm³/mol. The van der Waals surface area contributed by atoms with E-state index in [2.05, 4.69) is 4.98 Å². The number of thioether (sulfide) groups is 1. The molecule has 3 aromatic rings. The highest BCUT2D eigenvalue weighted by molar-refractivity contribution is 8.00. The number of nitrogens with two attached hydrogens (primary N) is 1. The van der Waals surface area contributed by atoms with Crippen molar-refractivity contribution in [1.29, 1.82) is 0 Å². The lowest BCUT2D eigenvalue weighted by atomic mass is 10.2. The predicted octanol–water partition coefficient (Wildman–Crippen LogP) is 2.37. The Morgan fingerprint density at radius 1 is 1.15 bits per heavy atom. The van der Waals surface area contributed by atoms with Crippen molar-refractivity contribution in [3.63, 3.8) is 0 Å². The SMILES string of the molecule is Cc1ccc(-n2c(S[C@@H](C)C(=O)NC(N)=O)nc3ccccc3c2=O)cc1. The molecule has 0 aliphatic heterocycles. The van der Waals surface area contributed by atoms with Gasteiger partial charge in [-0.3, -0.25) is 19.5 Å². The van der Waals surface area contributed by atoms with Gasteiger partial charge in [-0.15, -0.1) is 0 Å². The van der Waals surface area contributed by atoms with Crippen molar-refractivity contribution in [3.05, 3.63) is 64.4 Å². The molecule has 7 nitrogen and oxygen atoms in total. The van der Waals surface area contributed by atoms with Crippen LogP contribution in [0.25, 0.3) is 16.6 Å². The molecule has 3 rings (SSSR count). The van der Waals surface area contributed by atoms with Crippen LogP contribution < -0.4 is 16.6 Å². The fourth-order valence-electron chi connectivity index (χ4n) is 2.55. The number of aryl methyl sites for hydroxylation is 1. The molecule has 27 heavy (non-hydrogen) atoms. The smallest absolute Gasteiger partial charge is 0.318 e. The first kappa shape index (κ1) is 18.7. The second-order valence-corrected chi connectivity index (χ2v) is 7.31. The van der Waals surface area contributed by atoms with Gasteiger partial charge in [-0.25, -0.2) is 9.78 Å². The van der Waals surface area contributed by atoms with Crippen LogP contribution in [0.15, 0.2) is 58.5 Å². The molecule has 0 unspecified atom stereocenters. The Labute approximate surface area is 159 Å². The highest BCUT2D eigenvalue weighted by atomic mass is 32.2. The Hall–Kier alpha value is -3.13. The van der Waals surface area contributed by atoms with Gasteiger partial charge in [-0.1, -0.05) is 41.6 Å². The zero-order valence-corrected chi connectivity index (χ0v) is 15.6. The fraction of sp³-hybridized carbons (Fsp3) is 0.158. The lowest BCUT2D eigenvalue weighted by Gasteiger charge is -2.16. The number of urea groups is 1. The molecule has 0 aliphatic carbocycles. The van der Waals surface area contributed by atoms with Gasteiger partial charge in [0.25, 0.3) is 5.56 Å². The van der Waals surface area contributed by atoms with Gasteiger partial charge in [0.05, 0.1) is 21.8 Å². The number of aromatic nitrogens is 2. The van der Waals surface area contributed by atoms with Crippen molar-refractivity contribution in [1.82, 2.24) is 14.9 Å². The zero-order valence-electron chi connectivity index (χ0n) is 14.8. The van der Waals surface area contributed by atoms with Crippen molar-refractivity contribution >= 4 is 34.6 Å². The van der Waals surface area contributed by atoms with Crippen molar-refractivity contribution in [3.8, 4) is 5.69 Å². The topological polar surface area (TPSA) is 107 Å². The molecule has 3 N–H and O–H groups in total. The summed E-state index contributed by atoms with van der Waals surface area (Å²) < 4.78 is 1.47. The molecule has 0 spiro atoms. The minimum Gasteiger partial charge on any atom is -0.351 e. The molecule has 0 aliphatic rings. The summed E-state index contributed by atoms with van der Waals surface area (Å²) in [6, 6.07) is 13.6. The maximum absolute atomic E-state index is 13.1. The van der Waals surface area contributed by atoms with Crippen LogP contribution in [0.5, 0.6) is 0 Å². The molecule has 0 fully saturated rings. The Kier molecular flexibility index (Phi) is 5.27. The van der Waals surface area contributed by atoms with Gasteiger partial charge in [0, 0.05) is 0 Å². The normalized spacial score (nSPS) is 11.9. The lowest BCUT2D eigenvalue weighted by Crippen LogP contribution is -2.39. The standard InChI is InChI=1S/C19H18N4O3S/c1-11-7-9-13(10-8-11)23-17(25)14-5-3-4-6-15(14)21-19(23)27-12(2)16(24)22-18(20)26/h3-10,12H,1-2H3,(H3,20,22,24,26)/t12-/m0/s1. The summed E-state index contributed by atoms with van der Waals surface area (Å²) in [5.74, 6) is -0.551. The van der Waals surface area contributed by atoms with Gasteiger partial charge >= 0.3 is 6.03 Å². The van der Waals surface area contributed by atoms with E-state index >= 15 is 0 Å². The quantitative estimate of drug-likeness (QED) is 0.532. The number of carbonyl (C=O) groups excluding carboxylic acids is 2. The van der Waals surface area contributed by atoms with Gasteiger partial charge in [-0.05, 0) is 38.1 Å². The van der Waals surface area contributed by atoms with Crippen LogP contribution >= 0.6 is 11.8 Å². The molecule has 0 saturated heterocycles. The van der Waals surface area contributed by atoms with Crippen molar-refractivity contribution in [2.75, 3.05) is 0 Å². The fourth-order valence-corrected chi connectivity index (χ4v) is 3.47.